The van der Waals surface area contributed by atoms with Gasteiger partial charge in [0.05, 0.1) is 24.3 Å². The van der Waals surface area contributed by atoms with Gasteiger partial charge in [0.15, 0.2) is 0 Å². The van der Waals surface area contributed by atoms with Crippen LogP contribution in [0.5, 0.6) is 0 Å². The summed E-state index contributed by atoms with van der Waals surface area (Å²) in [4.78, 5) is 15.5. The Balaban J connectivity index is 1.56. The van der Waals surface area contributed by atoms with Gasteiger partial charge >= 0.3 is 0 Å². The van der Waals surface area contributed by atoms with Crippen molar-refractivity contribution < 1.29 is 18.5 Å². The SMILES string of the molecule is CO[C@H]1/C=C/CCC[S-](=O)=NC(=O)C2C=C3C(=CC2)OCCCCc2cc(Cl)ccc2CN3C[C@@H]2CC[C@H]21. The zero-order valence-corrected chi connectivity index (χ0v) is 23.7. The van der Waals surface area contributed by atoms with E-state index in [2.05, 4.69) is 33.5 Å². The molecule has 0 aromatic heterocycles. The number of carbonyl (C=O) groups excluding carboxylic acids is 1. The number of methoxy groups -OCH3 is 1. The highest BCUT2D eigenvalue weighted by Crippen LogP contribution is 2.41. The van der Waals surface area contributed by atoms with Crippen LogP contribution in [0, 0.1) is 17.8 Å². The number of hydrogen-bond donors (Lipinski definition) is 0. The van der Waals surface area contributed by atoms with Crippen LogP contribution in [-0.4, -0.2) is 42.9 Å². The minimum Gasteiger partial charge on any atom is -0.492 e. The highest BCUT2D eigenvalue weighted by molar-refractivity contribution is 7.75. The Hall–Kier alpha value is -2.09. The Morgan fingerprint density at radius 3 is 2.89 bits per heavy atom. The summed E-state index contributed by atoms with van der Waals surface area (Å²) in [6, 6.07) is 6.20. The van der Waals surface area contributed by atoms with E-state index < -0.39 is 16.5 Å². The van der Waals surface area contributed by atoms with E-state index >= 15 is 0 Å². The van der Waals surface area contributed by atoms with E-state index in [1.807, 2.05) is 18.2 Å². The molecule has 0 N–H and O–H groups in total. The molecule has 0 radical (unpaired) electrons. The van der Waals surface area contributed by atoms with E-state index in [-0.39, 0.29) is 12.0 Å². The lowest BCUT2D eigenvalue weighted by Gasteiger charge is -2.44. The number of fused-ring (bicyclic) bond motifs is 3. The van der Waals surface area contributed by atoms with Gasteiger partial charge in [-0.15, -0.1) is 0 Å². The molecule has 2 aliphatic heterocycles. The predicted octanol–water partition coefficient (Wildman–Crippen LogP) is 6.35. The second-order valence-electron chi connectivity index (χ2n) is 10.8. The maximum absolute atomic E-state index is 13.1. The van der Waals surface area contributed by atoms with Crippen LogP contribution in [0.3, 0.4) is 0 Å². The first-order chi connectivity index (χ1) is 18.5. The van der Waals surface area contributed by atoms with Crippen LogP contribution in [-0.2, 0) is 42.0 Å². The van der Waals surface area contributed by atoms with Crippen LogP contribution in [0.15, 0.2) is 58.3 Å². The molecule has 0 spiro atoms. The third kappa shape index (κ3) is 6.54. The van der Waals surface area contributed by atoms with Crippen molar-refractivity contribution in [2.24, 2.45) is 22.1 Å². The summed E-state index contributed by atoms with van der Waals surface area (Å²) in [6.07, 6.45) is 15.7. The van der Waals surface area contributed by atoms with E-state index in [1.165, 1.54) is 11.1 Å². The normalized spacial score (nSPS) is 30.2. The highest BCUT2D eigenvalue weighted by atomic mass is 35.5. The van der Waals surface area contributed by atoms with Gasteiger partial charge in [-0.25, -0.2) is 0 Å². The van der Waals surface area contributed by atoms with Crippen LogP contribution in [0.25, 0.3) is 0 Å². The van der Waals surface area contributed by atoms with Gasteiger partial charge in [-0.2, -0.15) is 10.6 Å². The standard InChI is InChI=1S/C30H38ClN2O4S/c1-36-28-8-3-2-6-16-38(35)32-30(34)22-11-14-29-27(18-22)33(20-24-10-13-26(24)28)19-23-9-12-25(31)17-21(23)7-4-5-15-37-29/h3,8-9,12,14,17-18,22,24,26,28H,2,4-7,10-11,13,15-16,19-20H2,1H3/q-1/b8-3+/t22?,24-,26+,28-/m0/s1. The van der Waals surface area contributed by atoms with Gasteiger partial charge in [-0.1, -0.05) is 42.0 Å². The van der Waals surface area contributed by atoms with Crippen molar-refractivity contribution in [2.45, 2.75) is 64.0 Å². The summed E-state index contributed by atoms with van der Waals surface area (Å²) in [5.74, 6) is 1.39. The molecule has 1 fully saturated rings. The van der Waals surface area contributed by atoms with Gasteiger partial charge in [0.2, 0.25) is 5.91 Å². The molecule has 2 heterocycles. The van der Waals surface area contributed by atoms with Gasteiger partial charge in [0.25, 0.3) is 0 Å². The van der Waals surface area contributed by atoms with Crippen LogP contribution in [0.1, 0.15) is 56.1 Å². The number of benzene rings is 1. The number of allylic oxidation sites excluding steroid dienone is 2. The molecule has 2 bridgehead atoms. The van der Waals surface area contributed by atoms with Gasteiger partial charge in [-0.3, -0.25) is 4.79 Å². The molecule has 1 aromatic rings. The smallest absolute Gasteiger partial charge is 0.229 e. The molecule has 1 aromatic carbocycles. The number of carbonyl (C=O) groups is 1. The zero-order valence-electron chi connectivity index (χ0n) is 22.1. The van der Waals surface area contributed by atoms with Crippen LogP contribution in [0.2, 0.25) is 5.02 Å². The number of ether oxygens (including phenoxy) is 2. The summed E-state index contributed by atoms with van der Waals surface area (Å²) in [5, 5.41) is 0.759. The van der Waals surface area contributed by atoms with Crippen molar-refractivity contribution in [3.8, 4) is 0 Å². The van der Waals surface area contributed by atoms with E-state index in [0.717, 1.165) is 68.0 Å². The van der Waals surface area contributed by atoms with Crippen molar-refractivity contribution in [3.05, 3.63) is 70.1 Å². The average Bonchev–Trinajstić information content (AvgIpc) is 2.92. The first-order valence-corrected chi connectivity index (χ1v) is 15.6. The van der Waals surface area contributed by atoms with Crippen LogP contribution in [0.4, 0.5) is 0 Å². The second-order valence-corrected chi connectivity index (χ2v) is 12.5. The minimum absolute atomic E-state index is 0.0628. The topological polar surface area (TPSA) is 68.2 Å². The summed E-state index contributed by atoms with van der Waals surface area (Å²) in [7, 11) is 0.272. The van der Waals surface area contributed by atoms with Gasteiger partial charge < -0.3 is 22.9 Å². The molecule has 8 heteroatoms. The number of nitrogens with zero attached hydrogens (tertiary/aromatic N) is 2. The summed E-state index contributed by atoms with van der Waals surface area (Å²) < 4.78 is 28.9. The van der Waals surface area contributed by atoms with Crippen molar-refractivity contribution >= 4 is 28.1 Å². The summed E-state index contributed by atoms with van der Waals surface area (Å²) in [5.41, 5.74) is 3.47. The molecule has 4 aliphatic rings. The van der Waals surface area contributed by atoms with E-state index in [1.54, 1.807) is 7.11 Å². The molecule has 1 saturated carbocycles. The first kappa shape index (κ1) is 27.5. The highest BCUT2D eigenvalue weighted by Gasteiger charge is 2.38. The lowest BCUT2D eigenvalue weighted by molar-refractivity contribution is -0.120. The van der Waals surface area contributed by atoms with Crippen molar-refractivity contribution in [1.82, 2.24) is 4.90 Å². The Kier molecular flexibility index (Phi) is 9.29. The lowest BCUT2D eigenvalue weighted by Crippen LogP contribution is -2.43. The number of halogens is 1. The summed E-state index contributed by atoms with van der Waals surface area (Å²) >= 11 is 6.40. The molecule has 206 valence electrons. The molecule has 6 nitrogen and oxygen atoms in total. The molecule has 1 unspecified atom stereocenters. The Morgan fingerprint density at radius 2 is 2.08 bits per heavy atom. The number of amides is 1. The molecule has 38 heavy (non-hydrogen) atoms. The van der Waals surface area contributed by atoms with Crippen molar-refractivity contribution in [1.29, 1.82) is 0 Å². The molecule has 1 amide bonds. The summed E-state index contributed by atoms with van der Waals surface area (Å²) in [6.45, 7) is 2.18. The van der Waals surface area contributed by atoms with Crippen molar-refractivity contribution in [2.75, 3.05) is 26.0 Å². The number of hydrogen-bond acceptors (Lipinski definition) is 6. The van der Waals surface area contributed by atoms with Gasteiger partial charge in [-0.05, 0) is 92.2 Å². The van der Waals surface area contributed by atoms with Gasteiger partial charge in [0, 0.05) is 25.2 Å². The second kappa shape index (κ2) is 12.8. The fourth-order valence-electron chi connectivity index (χ4n) is 5.98. The quantitative estimate of drug-likeness (QED) is 0.297. The average molecular weight is 558 g/mol. The maximum atomic E-state index is 13.1. The van der Waals surface area contributed by atoms with Crippen LogP contribution >= 0.6 is 11.6 Å². The molecule has 5 rings (SSSR count). The first-order valence-electron chi connectivity index (χ1n) is 13.9. The molecule has 4 atom stereocenters. The Morgan fingerprint density at radius 1 is 1.18 bits per heavy atom. The Bertz CT molecular complexity index is 1200. The zero-order chi connectivity index (χ0) is 26.5. The molecule has 2 aliphatic carbocycles. The lowest BCUT2D eigenvalue weighted by atomic mass is 9.70. The monoisotopic (exact) mass is 557 g/mol. The third-order valence-electron chi connectivity index (χ3n) is 8.29. The number of aryl methyl sites for hydroxylation is 1. The third-order valence-corrected chi connectivity index (χ3v) is 9.54. The molecular formula is C30H38ClN2O4S-. The van der Waals surface area contributed by atoms with E-state index in [9.17, 15) is 9.00 Å². The minimum atomic E-state index is -1.52. The Labute approximate surface area is 233 Å². The fourth-order valence-corrected chi connectivity index (χ4v) is 7.02. The number of rotatable bonds is 1. The molecule has 0 saturated heterocycles. The fraction of sp³-hybridized carbons (Fsp3) is 0.567. The maximum Gasteiger partial charge on any atom is 0.229 e. The predicted molar refractivity (Wildman–Crippen MR) is 151 cm³/mol. The van der Waals surface area contributed by atoms with E-state index in [4.69, 9.17) is 21.1 Å². The van der Waals surface area contributed by atoms with Crippen LogP contribution < -0.4 is 0 Å². The largest absolute Gasteiger partial charge is 0.492 e. The van der Waals surface area contributed by atoms with Crippen molar-refractivity contribution in [3.63, 3.8) is 0 Å². The van der Waals surface area contributed by atoms with Gasteiger partial charge in [0.1, 0.15) is 5.76 Å². The molecular weight excluding hydrogens is 520 g/mol. The van der Waals surface area contributed by atoms with E-state index in [0.29, 0.717) is 37.2 Å².